The van der Waals surface area contributed by atoms with Gasteiger partial charge in [0.2, 0.25) is 11.8 Å². The Labute approximate surface area is 170 Å². The highest BCUT2D eigenvalue weighted by Crippen LogP contribution is 2.38. The molecular weight excluding hydrogens is 371 g/mol. The summed E-state index contributed by atoms with van der Waals surface area (Å²) in [5, 5.41) is 2.99. The first-order valence-electron chi connectivity index (χ1n) is 9.88. The van der Waals surface area contributed by atoms with E-state index in [-0.39, 0.29) is 18.2 Å². The number of likely N-dealkylation sites (tertiary alicyclic amines) is 1. The minimum absolute atomic E-state index is 0.0849. The lowest BCUT2D eigenvalue weighted by Crippen LogP contribution is -2.49. The van der Waals surface area contributed by atoms with Crippen LogP contribution in [0.5, 0.6) is 0 Å². The highest BCUT2D eigenvalue weighted by molar-refractivity contribution is 5.85. The zero-order valence-electron chi connectivity index (χ0n) is 16.9. The molecule has 0 spiro atoms. The number of nitrogens with one attached hydrogen (secondary N) is 1. The van der Waals surface area contributed by atoms with Gasteiger partial charge in [0, 0.05) is 32.2 Å². The first-order valence-corrected chi connectivity index (χ1v) is 9.88. The van der Waals surface area contributed by atoms with E-state index in [0.717, 1.165) is 11.1 Å². The second kappa shape index (κ2) is 9.65. The second-order valence-electron chi connectivity index (χ2n) is 7.34. The molecule has 6 heteroatoms. The van der Waals surface area contributed by atoms with Crippen LogP contribution in [0.15, 0.2) is 48.5 Å². The molecule has 0 aliphatic carbocycles. The molecule has 1 aliphatic heterocycles. The van der Waals surface area contributed by atoms with E-state index in [0.29, 0.717) is 31.7 Å². The Kier molecular flexibility index (Phi) is 6.99. The maximum atomic E-state index is 14.6. The fraction of sp³-hybridized carbons (Fsp3) is 0.391. The molecule has 0 radical (unpaired) electrons. The number of nitrogens with zero attached hydrogens (tertiary/aromatic N) is 1. The van der Waals surface area contributed by atoms with Gasteiger partial charge in [0.25, 0.3) is 0 Å². The molecule has 0 aromatic heterocycles. The van der Waals surface area contributed by atoms with E-state index in [1.807, 2.05) is 31.2 Å². The minimum atomic E-state index is -0.649. The Hall–Kier alpha value is -2.73. The summed E-state index contributed by atoms with van der Waals surface area (Å²) in [4.78, 5) is 27.3. The molecule has 1 saturated heterocycles. The molecule has 29 heavy (non-hydrogen) atoms. The van der Waals surface area contributed by atoms with Gasteiger partial charge in [-0.2, -0.15) is 0 Å². The molecule has 2 aromatic carbocycles. The number of rotatable bonds is 7. The Morgan fingerprint density at radius 1 is 1.21 bits per heavy atom. The van der Waals surface area contributed by atoms with Crippen LogP contribution in [-0.4, -0.2) is 37.0 Å². The lowest BCUT2D eigenvalue weighted by molar-refractivity contribution is -0.144. The van der Waals surface area contributed by atoms with Gasteiger partial charge < -0.3 is 15.0 Å². The Bertz CT molecular complexity index is 871. The molecule has 0 unspecified atom stereocenters. The Morgan fingerprint density at radius 2 is 1.93 bits per heavy atom. The summed E-state index contributed by atoms with van der Waals surface area (Å²) in [7, 11) is 1.55. The second-order valence-corrected chi connectivity index (χ2v) is 7.34. The molecule has 5 nitrogen and oxygen atoms in total. The summed E-state index contributed by atoms with van der Waals surface area (Å²) >= 11 is 0. The van der Waals surface area contributed by atoms with Gasteiger partial charge in [-0.1, -0.05) is 42.5 Å². The van der Waals surface area contributed by atoms with Gasteiger partial charge in [0.15, 0.2) is 0 Å². The summed E-state index contributed by atoms with van der Waals surface area (Å²) in [5.41, 5.74) is 2.50. The number of benzene rings is 2. The van der Waals surface area contributed by atoms with Gasteiger partial charge in [0.1, 0.15) is 5.82 Å². The zero-order valence-corrected chi connectivity index (χ0v) is 16.9. The van der Waals surface area contributed by atoms with Gasteiger partial charge in [-0.15, -0.1) is 0 Å². The van der Waals surface area contributed by atoms with Gasteiger partial charge in [-0.3, -0.25) is 9.59 Å². The average molecular weight is 398 g/mol. The molecule has 2 aromatic rings. The lowest BCUT2D eigenvalue weighted by atomic mass is 9.83. The number of hydrogen-bond acceptors (Lipinski definition) is 3. The largest absolute Gasteiger partial charge is 0.383 e. The predicted octanol–water partition coefficient (Wildman–Crippen LogP) is 3.38. The molecule has 0 saturated carbocycles. The SMILES string of the molecule is COCCN1C(=O)CC[C@@H](C(=O)NCc2ccccc2C)[C@@H]1c1ccccc1F. The number of carbonyl (C=O) groups is 2. The molecule has 1 fully saturated rings. The van der Waals surface area contributed by atoms with Crippen molar-refractivity contribution in [2.75, 3.05) is 20.3 Å². The molecule has 1 aliphatic rings. The first kappa shape index (κ1) is 21.0. The van der Waals surface area contributed by atoms with Crippen LogP contribution in [0.2, 0.25) is 0 Å². The van der Waals surface area contributed by atoms with Crippen LogP contribution < -0.4 is 5.32 Å². The highest BCUT2D eigenvalue weighted by atomic mass is 19.1. The van der Waals surface area contributed by atoms with Crippen LogP contribution in [-0.2, 0) is 20.9 Å². The summed E-state index contributed by atoms with van der Waals surface area (Å²) in [6.45, 7) is 3.04. The monoisotopic (exact) mass is 398 g/mol. The van der Waals surface area contributed by atoms with E-state index in [9.17, 15) is 14.0 Å². The van der Waals surface area contributed by atoms with Crippen molar-refractivity contribution in [1.29, 1.82) is 0 Å². The summed E-state index contributed by atoms with van der Waals surface area (Å²) in [5.74, 6) is -1.19. The maximum Gasteiger partial charge on any atom is 0.225 e. The Morgan fingerprint density at radius 3 is 2.66 bits per heavy atom. The zero-order chi connectivity index (χ0) is 20.8. The van der Waals surface area contributed by atoms with Gasteiger partial charge in [-0.05, 0) is 30.5 Å². The summed E-state index contributed by atoms with van der Waals surface area (Å²) in [6.07, 6.45) is 0.651. The van der Waals surface area contributed by atoms with Gasteiger partial charge in [0.05, 0.1) is 18.6 Å². The number of methoxy groups -OCH3 is 1. The van der Waals surface area contributed by atoms with E-state index >= 15 is 0 Å². The van der Waals surface area contributed by atoms with Crippen molar-refractivity contribution in [2.24, 2.45) is 5.92 Å². The summed E-state index contributed by atoms with van der Waals surface area (Å²) < 4.78 is 19.8. The number of hydrogen-bond donors (Lipinski definition) is 1. The van der Waals surface area contributed by atoms with Crippen LogP contribution >= 0.6 is 0 Å². The van der Waals surface area contributed by atoms with Gasteiger partial charge >= 0.3 is 0 Å². The van der Waals surface area contributed by atoms with E-state index in [2.05, 4.69) is 5.32 Å². The third-order valence-electron chi connectivity index (χ3n) is 5.52. The van der Waals surface area contributed by atoms with Crippen molar-refractivity contribution in [3.8, 4) is 0 Å². The number of carbonyl (C=O) groups excluding carboxylic acids is 2. The number of ether oxygens (including phenoxy) is 1. The Balaban J connectivity index is 1.86. The normalized spacial score (nSPS) is 19.3. The topological polar surface area (TPSA) is 58.6 Å². The maximum absolute atomic E-state index is 14.6. The van der Waals surface area contributed by atoms with E-state index in [1.165, 1.54) is 6.07 Å². The van der Waals surface area contributed by atoms with Gasteiger partial charge in [-0.25, -0.2) is 4.39 Å². The van der Waals surface area contributed by atoms with Crippen molar-refractivity contribution >= 4 is 11.8 Å². The van der Waals surface area contributed by atoms with E-state index < -0.39 is 17.8 Å². The highest BCUT2D eigenvalue weighted by Gasteiger charge is 2.41. The van der Waals surface area contributed by atoms with Crippen LogP contribution in [0.25, 0.3) is 0 Å². The first-order chi connectivity index (χ1) is 14.0. The van der Waals surface area contributed by atoms with Crippen LogP contribution in [0, 0.1) is 18.7 Å². The van der Waals surface area contributed by atoms with Crippen molar-refractivity contribution in [1.82, 2.24) is 10.2 Å². The van der Waals surface area contributed by atoms with Crippen LogP contribution in [0.1, 0.15) is 35.6 Å². The fourth-order valence-electron chi connectivity index (χ4n) is 3.90. The van der Waals surface area contributed by atoms with Crippen LogP contribution in [0.3, 0.4) is 0 Å². The fourth-order valence-corrected chi connectivity index (χ4v) is 3.90. The lowest BCUT2D eigenvalue weighted by Gasteiger charge is -2.40. The molecule has 154 valence electrons. The molecule has 0 bridgehead atoms. The van der Waals surface area contributed by atoms with E-state index in [4.69, 9.17) is 4.74 Å². The van der Waals surface area contributed by atoms with Crippen molar-refractivity contribution in [3.05, 3.63) is 71.0 Å². The number of aryl methyl sites for hydroxylation is 1. The molecule has 2 atom stereocenters. The molecule has 2 amide bonds. The molecular formula is C23H27FN2O3. The smallest absolute Gasteiger partial charge is 0.225 e. The summed E-state index contributed by atoms with van der Waals surface area (Å²) in [6, 6.07) is 13.6. The van der Waals surface area contributed by atoms with Crippen molar-refractivity contribution in [2.45, 2.75) is 32.4 Å². The molecule has 1 heterocycles. The van der Waals surface area contributed by atoms with Crippen LogP contribution in [0.4, 0.5) is 4.39 Å². The van der Waals surface area contributed by atoms with E-state index in [1.54, 1.807) is 30.2 Å². The number of piperidine rings is 1. The predicted molar refractivity (Wildman–Crippen MR) is 108 cm³/mol. The third kappa shape index (κ3) is 4.82. The average Bonchev–Trinajstić information content (AvgIpc) is 2.72. The standard InChI is InChI=1S/C23H27FN2O3/c1-16-7-3-4-8-17(16)15-25-23(28)19-11-12-21(27)26(13-14-29-2)22(19)18-9-5-6-10-20(18)24/h3-10,19,22H,11-15H2,1-2H3,(H,25,28)/t19-,22+/m1/s1. The molecule has 3 rings (SSSR count). The third-order valence-corrected chi connectivity index (χ3v) is 5.52. The van der Waals surface area contributed by atoms with Crippen molar-refractivity contribution < 1.29 is 18.7 Å². The number of halogens is 1. The van der Waals surface area contributed by atoms with Crippen molar-refractivity contribution in [3.63, 3.8) is 0 Å². The quantitative estimate of drug-likeness (QED) is 0.778. The minimum Gasteiger partial charge on any atom is -0.383 e. The number of amides is 2. The molecule has 1 N–H and O–H groups in total.